The maximum absolute atomic E-state index is 11.9. The van der Waals surface area contributed by atoms with Gasteiger partial charge in [0.15, 0.2) is 0 Å². The molecule has 1 heterocycles. The Balaban J connectivity index is 2.02. The minimum atomic E-state index is -0.345. The zero-order chi connectivity index (χ0) is 11.8. The molecule has 0 atom stereocenters. The summed E-state index contributed by atoms with van der Waals surface area (Å²) >= 11 is 0. The normalized spacial score (nSPS) is 17.2. The number of carbonyl (C=O) groups excluding carboxylic acids is 1. The Morgan fingerprint density at radius 3 is 2.75 bits per heavy atom. The summed E-state index contributed by atoms with van der Waals surface area (Å²) in [7, 11) is 3.40. The largest absolute Gasteiger partial charge is 0.384 e. The fourth-order valence-electron chi connectivity index (χ4n) is 1.61. The summed E-state index contributed by atoms with van der Waals surface area (Å²) in [4.78, 5) is 16.1. The summed E-state index contributed by atoms with van der Waals surface area (Å²) in [5.41, 5.74) is -0.345. The predicted molar refractivity (Wildman–Crippen MR) is 57.9 cm³/mol. The first-order valence-corrected chi connectivity index (χ1v) is 5.25. The van der Waals surface area contributed by atoms with Gasteiger partial charge in [-0.1, -0.05) is 0 Å². The number of amides is 1. The first-order valence-electron chi connectivity index (χ1n) is 5.25. The lowest BCUT2D eigenvalue weighted by Crippen LogP contribution is -2.28. The first-order chi connectivity index (χ1) is 7.57. The Hall–Kier alpha value is -1.43. The summed E-state index contributed by atoms with van der Waals surface area (Å²) in [5, 5.41) is 6.81. The molecule has 1 N–H and O–H groups in total. The van der Waals surface area contributed by atoms with Gasteiger partial charge in [0.1, 0.15) is 5.82 Å². The number of methoxy groups -OCH3 is 1. The van der Waals surface area contributed by atoms with Crippen LogP contribution in [0.2, 0.25) is 0 Å². The van der Waals surface area contributed by atoms with Crippen molar-refractivity contribution in [3.8, 4) is 0 Å². The zero-order valence-electron chi connectivity index (χ0n) is 9.78. The number of nitrogens with one attached hydrogen (secondary N) is 1. The van der Waals surface area contributed by atoms with Crippen LogP contribution in [0.1, 0.15) is 18.7 Å². The van der Waals surface area contributed by atoms with E-state index in [0.717, 1.165) is 18.7 Å². The second kappa shape index (κ2) is 3.86. The van der Waals surface area contributed by atoms with Crippen LogP contribution in [0, 0.1) is 12.3 Å². The van der Waals surface area contributed by atoms with E-state index in [-0.39, 0.29) is 11.3 Å². The average Bonchev–Trinajstić information content (AvgIpc) is 2.92. The lowest BCUT2D eigenvalue weighted by atomic mass is 10.1. The fourth-order valence-corrected chi connectivity index (χ4v) is 1.61. The van der Waals surface area contributed by atoms with Crippen LogP contribution < -0.4 is 5.32 Å². The van der Waals surface area contributed by atoms with Gasteiger partial charge in [-0.15, -0.1) is 5.10 Å². The van der Waals surface area contributed by atoms with Gasteiger partial charge in [0.2, 0.25) is 11.9 Å². The molecular weight excluding hydrogens is 208 g/mol. The van der Waals surface area contributed by atoms with Crippen LogP contribution in [0.3, 0.4) is 0 Å². The third-order valence-electron chi connectivity index (χ3n) is 2.96. The third-order valence-corrected chi connectivity index (χ3v) is 2.96. The van der Waals surface area contributed by atoms with Crippen LogP contribution in [0.5, 0.6) is 0 Å². The van der Waals surface area contributed by atoms with E-state index in [0.29, 0.717) is 12.6 Å². The van der Waals surface area contributed by atoms with Crippen molar-refractivity contribution < 1.29 is 9.53 Å². The number of rotatable bonds is 4. The van der Waals surface area contributed by atoms with Crippen molar-refractivity contribution in [2.24, 2.45) is 12.5 Å². The van der Waals surface area contributed by atoms with Gasteiger partial charge in [0.05, 0.1) is 12.0 Å². The van der Waals surface area contributed by atoms with Crippen LogP contribution in [-0.4, -0.2) is 34.4 Å². The van der Waals surface area contributed by atoms with E-state index >= 15 is 0 Å². The highest BCUT2D eigenvalue weighted by Gasteiger charge is 2.50. The first kappa shape index (κ1) is 11.1. The molecule has 16 heavy (non-hydrogen) atoms. The number of nitrogens with zero attached hydrogens (tertiary/aromatic N) is 3. The van der Waals surface area contributed by atoms with Crippen LogP contribution >= 0.6 is 0 Å². The molecule has 2 rings (SSSR count). The predicted octanol–water partition coefficient (Wildman–Crippen LogP) is 0.489. The Kier molecular flexibility index (Phi) is 2.67. The van der Waals surface area contributed by atoms with Crippen molar-refractivity contribution in [3.05, 3.63) is 5.82 Å². The molecule has 88 valence electrons. The highest BCUT2D eigenvalue weighted by molar-refractivity contribution is 5.95. The summed E-state index contributed by atoms with van der Waals surface area (Å²) in [6, 6.07) is 0. The fraction of sp³-hybridized carbons (Fsp3) is 0.700. The van der Waals surface area contributed by atoms with Gasteiger partial charge < -0.3 is 4.74 Å². The minimum absolute atomic E-state index is 0.0417. The monoisotopic (exact) mass is 224 g/mol. The standard InChI is InChI=1S/C10H16N4O2/c1-7-11-9(13-14(7)2)12-8(15)10(4-5-10)6-16-3/h4-6H2,1-3H3,(H,12,13,15). The molecule has 0 aliphatic heterocycles. The molecule has 1 aromatic rings. The van der Waals surface area contributed by atoms with E-state index in [1.54, 1.807) is 18.8 Å². The van der Waals surface area contributed by atoms with Gasteiger partial charge in [-0.3, -0.25) is 14.8 Å². The number of hydrogen-bond acceptors (Lipinski definition) is 4. The van der Waals surface area contributed by atoms with Crippen molar-refractivity contribution in [1.29, 1.82) is 0 Å². The molecule has 0 saturated heterocycles. The lowest BCUT2D eigenvalue weighted by Gasteiger charge is -2.11. The highest BCUT2D eigenvalue weighted by Crippen LogP contribution is 2.46. The zero-order valence-corrected chi connectivity index (χ0v) is 9.78. The Morgan fingerprint density at radius 1 is 1.62 bits per heavy atom. The molecule has 0 radical (unpaired) electrons. The molecule has 6 heteroatoms. The van der Waals surface area contributed by atoms with Gasteiger partial charge in [0, 0.05) is 14.2 Å². The van der Waals surface area contributed by atoms with Crippen LogP contribution in [0.4, 0.5) is 5.95 Å². The van der Waals surface area contributed by atoms with Crippen molar-refractivity contribution in [3.63, 3.8) is 0 Å². The Bertz CT molecular complexity index is 389. The maximum atomic E-state index is 11.9. The molecule has 6 nitrogen and oxygen atoms in total. The van der Waals surface area contributed by atoms with Crippen molar-refractivity contribution in [1.82, 2.24) is 14.8 Å². The minimum Gasteiger partial charge on any atom is -0.384 e. The SMILES string of the molecule is COCC1(C(=O)Nc2nc(C)n(C)n2)CC1. The average molecular weight is 224 g/mol. The molecule has 1 aliphatic rings. The number of carbonyl (C=O) groups is 1. The molecule has 0 unspecified atom stereocenters. The van der Waals surface area contributed by atoms with E-state index in [1.165, 1.54) is 0 Å². The topological polar surface area (TPSA) is 69.0 Å². The molecule has 1 amide bonds. The van der Waals surface area contributed by atoms with E-state index in [4.69, 9.17) is 4.74 Å². The van der Waals surface area contributed by atoms with Crippen LogP contribution in [-0.2, 0) is 16.6 Å². The third kappa shape index (κ3) is 1.92. The van der Waals surface area contributed by atoms with Gasteiger partial charge in [-0.25, -0.2) is 0 Å². The summed E-state index contributed by atoms with van der Waals surface area (Å²) in [6.07, 6.45) is 1.75. The number of anilines is 1. The van der Waals surface area contributed by atoms with Crippen LogP contribution in [0.25, 0.3) is 0 Å². The molecule has 1 fully saturated rings. The van der Waals surface area contributed by atoms with Crippen molar-refractivity contribution in [2.75, 3.05) is 19.0 Å². The summed E-state index contributed by atoms with van der Waals surface area (Å²) < 4.78 is 6.68. The quantitative estimate of drug-likeness (QED) is 0.808. The van der Waals surface area contributed by atoms with Gasteiger partial charge >= 0.3 is 0 Å². The van der Waals surface area contributed by atoms with E-state index in [9.17, 15) is 4.79 Å². The molecule has 0 aromatic carbocycles. The van der Waals surface area contributed by atoms with E-state index in [1.807, 2.05) is 6.92 Å². The van der Waals surface area contributed by atoms with Crippen molar-refractivity contribution >= 4 is 11.9 Å². The Morgan fingerprint density at radius 2 is 2.31 bits per heavy atom. The molecule has 0 spiro atoms. The van der Waals surface area contributed by atoms with Crippen molar-refractivity contribution in [2.45, 2.75) is 19.8 Å². The highest BCUT2D eigenvalue weighted by atomic mass is 16.5. The molecular formula is C10H16N4O2. The lowest BCUT2D eigenvalue weighted by molar-refractivity contribution is -0.123. The van der Waals surface area contributed by atoms with Gasteiger partial charge in [-0.2, -0.15) is 4.98 Å². The second-order valence-electron chi connectivity index (χ2n) is 4.27. The number of hydrogen-bond donors (Lipinski definition) is 1. The maximum Gasteiger partial charge on any atom is 0.248 e. The van der Waals surface area contributed by atoms with E-state index < -0.39 is 0 Å². The number of ether oxygens (including phenoxy) is 1. The second-order valence-corrected chi connectivity index (χ2v) is 4.27. The van der Waals surface area contributed by atoms with Crippen LogP contribution in [0.15, 0.2) is 0 Å². The molecule has 0 bridgehead atoms. The van der Waals surface area contributed by atoms with Gasteiger partial charge in [-0.05, 0) is 19.8 Å². The van der Waals surface area contributed by atoms with Gasteiger partial charge in [0.25, 0.3) is 0 Å². The number of aryl methyl sites for hydroxylation is 2. The number of aromatic nitrogens is 3. The van der Waals surface area contributed by atoms with E-state index in [2.05, 4.69) is 15.4 Å². The molecule has 1 saturated carbocycles. The smallest absolute Gasteiger partial charge is 0.248 e. The molecule has 1 aromatic heterocycles. The molecule has 1 aliphatic carbocycles. The summed E-state index contributed by atoms with van der Waals surface area (Å²) in [5.74, 6) is 1.10. The Labute approximate surface area is 94.0 Å². The summed E-state index contributed by atoms with van der Waals surface area (Å²) in [6.45, 7) is 2.30.